The summed E-state index contributed by atoms with van der Waals surface area (Å²) in [6, 6.07) is 0. The molecule has 1 unspecified atom stereocenters. The first-order chi connectivity index (χ1) is 8.71. The maximum absolute atomic E-state index is 11.5. The number of likely N-dealkylation sites (N-methyl/N-ethyl adjacent to an activating group) is 1. The molecule has 110 valence electrons. The van der Waals surface area contributed by atoms with Gasteiger partial charge in [-0.2, -0.15) is 0 Å². The highest BCUT2D eigenvalue weighted by molar-refractivity contribution is 5.76. The van der Waals surface area contributed by atoms with E-state index in [9.17, 15) is 9.59 Å². The number of nitrogens with zero attached hydrogens (tertiary/aromatic N) is 2. The third-order valence-electron chi connectivity index (χ3n) is 2.95. The van der Waals surface area contributed by atoms with Crippen LogP contribution in [-0.4, -0.2) is 73.7 Å². The van der Waals surface area contributed by atoms with Crippen molar-refractivity contribution in [1.82, 2.24) is 9.80 Å². The minimum absolute atomic E-state index is 0.0331. The quantitative estimate of drug-likeness (QED) is 0.729. The number of ether oxygens (including phenoxy) is 2. The van der Waals surface area contributed by atoms with Crippen LogP contribution in [0, 0.1) is 0 Å². The molecule has 6 nitrogen and oxygen atoms in total. The summed E-state index contributed by atoms with van der Waals surface area (Å²) < 4.78 is 11.2. The molecule has 1 fully saturated rings. The summed E-state index contributed by atoms with van der Waals surface area (Å²) in [6.45, 7) is 6.87. The van der Waals surface area contributed by atoms with E-state index in [0.717, 1.165) is 0 Å². The Balaban J connectivity index is 2.44. The van der Waals surface area contributed by atoms with Crippen LogP contribution in [-0.2, 0) is 19.1 Å². The fourth-order valence-electron chi connectivity index (χ4n) is 2.03. The normalized spacial score (nSPS) is 22.2. The molecule has 1 heterocycles. The predicted molar refractivity (Wildman–Crippen MR) is 70.7 cm³/mol. The Morgan fingerprint density at radius 3 is 2.58 bits per heavy atom. The first-order valence-corrected chi connectivity index (χ1v) is 6.42. The molecule has 0 aromatic heterocycles. The number of hydrogen-bond acceptors (Lipinski definition) is 4. The highest BCUT2D eigenvalue weighted by atomic mass is 16.6. The van der Waals surface area contributed by atoms with Gasteiger partial charge >= 0.3 is 0 Å². The Morgan fingerprint density at radius 1 is 1.42 bits per heavy atom. The molecule has 19 heavy (non-hydrogen) atoms. The van der Waals surface area contributed by atoms with Gasteiger partial charge in [0.25, 0.3) is 0 Å². The summed E-state index contributed by atoms with van der Waals surface area (Å²) >= 11 is 0. The van der Waals surface area contributed by atoms with Gasteiger partial charge in [0.05, 0.1) is 18.3 Å². The second-order valence-electron chi connectivity index (χ2n) is 5.70. The van der Waals surface area contributed by atoms with Crippen molar-refractivity contribution in [1.29, 1.82) is 0 Å². The molecule has 1 atom stereocenters. The highest BCUT2D eigenvalue weighted by Crippen LogP contribution is 2.21. The summed E-state index contributed by atoms with van der Waals surface area (Å²) in [5.74, 6) is -0.0516. The third-order valence-corrected chi connectivity index (χ3v) is 2.95. The van der Waals surface area contributed by atoms with Gasteiger partial charge in [-0.25, -0.2) is 0 Å². The molecule has 6 heteroatoms. The van der Waals surface area contributed by atoms with E-state index < -0.39 is 0 Å². The van der Waals surface area contributed by atoms with Crippen LogP contribution in [0.1, 0.15) is 20.8 Å². The zero-order valence-corrected chi connectivity index (χ0v) is 12.4. The average molecular weight is 272 g/mol. The third kappa shape index (κ3) is 5.16. The van der Waals surface area contributed by atoms with Crippen molar-refractivity contribution in [2.24, 2.45) is 0 Å². The zero-order valence-electron chi connectivity index (χ0n) is 12.4. The molecule has 0 aromatic carbocycles. The predicted octanol–water partition coefficient (Wildman–Crippen LogP) is 0.117. The van der Waals surface area contributed by atoms with Crippen LogP contribution in [0.5, 0.6) is 0 Å². The molecule has 0 aromatic rings. The summed E-state index contributed by atoms with van der Waals surface area (Å²) in [5, 5.41) is 0. The molecule has 1 aliphatic heterocycles. The van der Waals surface area contributed by atoms with Gasteiger partial charge in [0.1, 0.15) is 6.61 Å². The van der Waals surface area contributed by atoms with Gasteiger partial charge in [0.15, 0.2) is 0 Å². The van der Waals surface area contributed by atoms with Gasteiger partial charge < -0.3 is 19.3 Å². The number of carbonyl (C=O) groups excluding carboxylic acids is 2. The number of morpholine rings is 1. The lowest BCUT2D eigenvalue weighted by Crippen LogP contribution is -2.55. The topological polar surface area (TPSA) is 59.1 Å². The Labute approximate surface area is 114 Å². The minimum Gasteiger partial charge on any atom is -0.369 e. The average Bonchev–Trinajstić information content (AvgIpc) is 2.26. The largest absolute Gasteiger partial charge is 0.369 e. The highest BCUT2D eigenvalue weighted by Gasteiger charge is 2.34. The second-order valence-corrected chi connectivity index (χ2v) is 5.70. The lowest BCUT2D eigenvalue weighted by molar-refractivity contribution is -0.170. The van der Waals surface area contributed by atoms with Crippen molar-refractivity contribution >= 4 is 11.8 Å². The number of carbonyl (C=O) groups is 2. The van der Waals surface area contributed by atoms with Gasteiger partial charge in [0.2, 0.25) is 11.8 Å². The van der Waals surface area contributed by atoms with Crippen LogP contribution >= 0.6 is 0 Å². The summed E-state index contributed by atoms with van der Waals surface area (Å²) in [4.78, 5) is 26.1. The molecular weight excluding hydrogens is 248 g/mol. The van der Waals surface area contributed by atoms with Gasteiger partial charge in [0, 0.05) is 34.1 Å². The summed E-state index contributed by atoms with van der Waals surface area (Å²) in [7, 11) is 3.37. The van der Waals surface area contributed by atoms with E-state index in [1.165, 1.54) is 4.90 Å². The molecule has 1 saturated heterocycles. The fourth-order valence-corrected chi connectivity index (χ4v) is 2.03. The zero-order chi connectivity index (χ0) is 14.6. The van der Waals surface area contributed by atoms with E-state index in [1.807, 2.05) is 13.8 Å². The number of rotatable bonds is 4. The van der Waals surface area contributed by atoms with Crippen LogP contribution in [0.25, 0.3) is 0 Å². The molecule has 0 radical (unpaired) electrons. The fraction of sp³-hybridized carbons (Fsp3) is 0.846. The lowest BCUT2D eigenvalue weighted by Gasteiger charge is -2.42. The lowest BCUT2D eigenvalue weighted by atomic mass is 10.1. The van der Waals surface area contributed by atoms with Crippen molar-refractivity contribution in [3.05, 3.63) is 0 Å². The second kappa shape index (κ2) is 6.34. The standard InChI is InChI=1S/C13H24N2O4/c1-10(16)15-6-11(19-13(2,3)9-15)7-18-8-12(17)14(4)5/h11H,6-9H2,1-5H3. The van der Waals surface area contributed by atoms with Crippen LogP contribution in [0.4, 0.5) is 0 Å². The van der Waals surface area contributed by atoms with Crippen LogP contribution in [0.15, 0.2) is 0 Å². The smallest absolute Gasteiger partial charge is 0.248 e. The molecule has 1 aliphatic rings. The molecule has 1 rings (SSSR count). The van der Waals surface area contributed by atoms with Crippen molar-refractivity contribution in [2.75, 3.05) is 40.4 Å². The van der Waals surface area contributed by atoms with Gasteiger partial charge in [-0.1, -0.05) is 0 Å². The monoisotopic (exact) mass is 272 g/mol. The molecule has 0 saturated carbocycles. The number of amides is 2. The Morgan fingerprint density at radius 2 is 2.05 bits per heavy atom. The van der Waals surface area contributed by atoms with E-state index in [0.29, 0.717) is 19.7 Å². The van der Waals surface area contributed by atoms with E-state index in [2.05, 4.69) is 0 Å². The van der Waals surface area contributed by atoms with Gasteiger partial charge in [-0.15, -0.1) is 0 Å². The van der Waals surface area contributed by atoms with E-state index in [-0.39, 0.29) is 30.1 Å². The molecule has 0 bridgehead atoms. The Bertz CT molecular complexity index is 342. The molecular formula is C13H24N2O4. The maximum atomic E-state index is 11.5. The van der Waals surface area contributed by atoms with Gasteiger partial charge in [-0.05, 0) is 13.8 Å². The minimum atomic E-state index is -0.385. The maximum Gasteiger partial charge on any atom is 0.248 e. The molecule has 0 N–H and O–H groups in total. The van der Waals surface area contributed by atoms with E-state index in [4.69, 9.17) is 9.47 Å². The van der Waals surface area contributed by atoms with Crippen molar-refractivity contribution in [3.8, 4) is 0 Å². The molecule has 2 amide bonds. The van der Waals surface area contributed by atoms with Crippen LogP contribution in [0.3, 0.4) is 0 Å². The number of hydrogen-bond donors (Lipinski definition) is 0. The van der Waals surface area contributed by atoms with E-state index >= 15 is 0 Å². The Kier molecular flexibility index (Phi) is 5.31. The van der Waals surface area contributed by atoms with Crippen LogP contribution in [0.2, 0.25) is 0 Å². The Hall–Kier alpha value is -1.14. The van der Waals surface area contributed by atoms with Crippen LogP contribution < -0.4 is 0 Å². The molecule has 0 aliphatic carbocycles. The van der Waals surface area contributed by atoms with E-state index in [1.54, 1.807) is 25.9 Å². The van der Waals surface area contributed by atoms with Crippen molar-refractivity contribution < 1.29 is 19.1 Å². The SMILES string of the molecule is CC(=O)N1CC(COCC(=O)N(C)C)OC(C)(C)C1. The van der Waals surface area contributed by atoms with Gasteiger partial charge in [-0.3, -0.25) is 9.59 Å². The molecule has 0 spiro atoms. The summed E-state index contributed by atoms with van der Waals surface area (Å²) in [5.41, 5.74) is -0.385. The first-order valence-electron chi connectivity index (χ1n) is 6.42. The first kappa shape index (κ1) is 15.9. The van der Waals surface area contributed by atoms with Crippen molar-refractivity contribution in [2.45, 2.75) is 32.5 Å². The summed E-state index contributed by atoms with van der Waals surface area (Å²) in [6.07, 6.45) is -0.192. The van der Waals surface area contributed by atoms with Crippen molar-refractivity contribution in [3.63, 3.8) is 0 Å².